The summed E-state index contributed by atoms with van der Waals surface area (Å²) in [6.07, 6.45) is 0.399. The molecule has 1 aromatic heterocycles. The van der Waals surface area contributed by atoms with E-state index >= 15 is 0 Å². The largest absolute Gasteiger partial charge is 0.497 e. The zero-order valence-electron chi connectivity index (χ0n) is 9.27. The van der Waals surface area contributed by atoms with Gasteiger partial charge >= 0.3 is 0 Å². The minimum Gasteiger partial charge on any atom is -0.497 e. The van der Waals surface area contributed by atoms with Gasteiger partial charge in [-0.15, -0.1) is 11.3 Å². The maximum Gasteiger partial charge on any atom is 0.178 e. The molecule has 0 N–H and O–H groups in total. The van der Waals surface area contributed by atoms with Gasteiger partial charge in [0.1, 0.15) is 5.75 Å². The number of hydrogen-bond donors (Lipinski definition) is 0. The third-order valence-corrected chi connectivity index (χ3v) is 4.25. The third kappa shape index (κ3) is 2.96. The zero-order valence-corrected chi connectivity index (χ0v) is 11.7. The quantitative estimate of drug-likeness (QED) is 0.799. The Hall–Kier alpha value is -1.13. The summed E-state index contributed by atoms with van der Waals surface area (Å²) in [5, 5.41) is 1.91. The van der Waals surface area contributed by atoms with Crippen molar-refractivity contribution in [2.75, 3.05) is 7.11 Å². The molecule has 0 spiro atoms. The smallest absolute Gasteiger partial charge is 0.178 e. The minimum atomic E-state index is 0.125. The Bertz CT molecular complexity index is 534. The van der Waals surface area contributed by atoms with E-state index in [0.717, 1.165) is 20.7 Å². The molecule has 4 heteroatoms. The summed E-state index contributed by atoms with van der Waals surface area (Å²) in [7, 11) is 1.62. The van der Waals surface area contributed by atoms with E-state index < -0.39 is 0 Å². The van der Waals surface area contributed by atoms with Gasteiger partial charge in [-0.1, -0.05) is 12.1 Å². The second kappa shape index (κ2) is 5.47. The molecule has 2 nitrogen and oxygen atoms in total. The van der Waals surface area contributed by atoms with E-state index in [0.29, 0.717) is 6.42 Å². The number of carbonyl (C=O) groups excluding carboxylic acids is 1. The minimum absolute atomic E-state index is 0.125. The summed E-state index contributed by atoms with van der Waals surface area (Å²) in [6, 6.07) is 9.48. The Morgan fingerprint density at radius 3 is 2.88 bits per heavy atom. The van der Waals surface area contributed by atoms with Crippen LogP contribution in [-0.2, 0) is 6.42 Å². The predicted molar refractivity (Wildman–Crippen MR) is 73.0 cm³/mol. The van der Waals surface area contributed by atoms with E-state index in [1.165, 1.54) is 11.3 Å². The molecule has 0 saturated heterocycles. The Kier molecular flexibility index (Phi) is 3.97. The van der Waals surface area contributed by atoms with E-state index in [1.54, 1.807) is 7.11 Å². The van der Waals surface area contributed by atoms with Gasteiger partial charge in [-0.25, -0.2) is 0 Å². The van der Waals surface area contributed by atoms with E-state index in [4.69, 9.17) is 4.74 Å². The highest BCUT2D eigenvalue weighted by molar-refractivity contribution is 9.10. The monoisotopic (exact) mass is 310 g/mol. The highest BCUT2D eigenvalue weighted by Crippen LogP contribution is 2.24. The molecule has 1 heterocycles. The number of halogens is 1. The maximum atomic E-state index is 12.0. The first-order valence-corrected chi connectivity index (χ1v) is 6.77. The van der Waals surface area contributed by atoms with Crippen molar-refractivity contribution in [2.24, 2.45) is 0 Å². The molecule has 0 amide bonds. The van der Waals surface area contributed by atoms with Crippen molar-refractivity contribution in [1.29, 1.82) is 0 Å². The van der Waals surface area contributed by atoms with Crippen LogP contribution in [0.25, 0.3) is 0 Å². The van der Waals surface area contributed by atoms with Gasteiger partial charge in [0.05, 0.1) is 12.0 Å². The van der Waals surface area contributed by atoms with Gasteiger partial charge < -0.3 is 4.74 Å². The van der Waals surface area contributed by atoms with E-state index in [1.807, 2.05) is 35.7 Å². The standard InChI is InChI=1S/C13H11BrO2S/c1-16-10-4-2-3-9(7-10)8-12(15)13-11(14)5-6-17-13/h2-7H,8H2,1H3. The predicted octanol–water partition coefficient (Wildman–Crippen LogP) is 3.94. The molecule has 17 heavy (non-hydrogen) atoms. The van der Waals surface area contributed by atoms with Crippen molar-refractivity contribution in [1.82, 2.24) is 0 Å². The number of ketones is 1. The lowest BCUT2D eigenvalue weighted by Gasteiger charge is -2.03. The molecule has 1 aromatic carbocycles. The van der Waals surface area contributed by atoms with E-state index in [-0.39, 0.29) is 5.78 Å². The summed E-state index contributed by atoms with van der Waals surface area (Å²) >= 11 is 4.83. The molecule has 0 aliphatic heterocycles. The number of benzene rings is 1. The van der Waals surface area contributed by atoms with Crippen molar-refractivity contribution in [3.8, 4) is 5.75 Å². The third-order valence-electron chi connectivity index (χ3n) is 2.37. The van der Waals surface area contributed by atoms with Crippen LogP contribution in [0.1, 0.15) is 15.2 Å². The number of Topliss-reactive ketones (excluding diaryl/α,β-unsaturated/α-hetero) is 1. The molecule has 0 aliphatic rings. The van der Waals surface area contributed by atoms with Gasteiger partial charge in [0.25, 0.3) is 0 Å². The maximum absolute atomic E-state index is 12.0. The van der Waals surface area contributed by atoms with Crippen molar-refractivity contribution in [2.45, 2.75) is 6.42 Å². The van der Waals surface area contributed by atoms with Crippen LogP contribution in [0.15, 0.2) is 40.2 Å². The molecule has 2 rings (SSSR count). The van der Waals surface area contributed by atoms with Crippen molar-refractivity contribution in [3.63, 3.8) is 0 Å². The molecule has 0 saturated carbocycles. The Morgan fingerprint density at radius 2 is 2.24 bits per heavy atom. The van der Waals surface area contributed by atoms with Gasteiger partial charge in [-0.2, -0.15) is 0 Å². The Balaban J connectivity index is 2.16. The molecule has 0 aliphatic carbocycles. The van der Waals surface area contributed by atoms with Gasteiger partial charge in [-0.3, -0.25) is 4.79 Å². The lowest BCUT2D eigenvalue weighted by atomic mass is 10.1. The van der Waals surface area contributed by atoms with Gasteiger partial charge in [0, 0.05) is 10.9 Å². The second-order valence-electron chi connectivity index (χ2n) is 3.55. The average Bonchev–Trinajstić information content (AvgIpc) is 2.76. The highest BCUT2D eigenvalue weighted by atomic mass is 79.9. The number of hydrogen-bond acceptors (Lipinski definition) is 3. The highest BCUT2D eigenvalue weighted by Gasteiger charge is 2.12. The lowest BCUT2D eigenvalue weighted by Crippen LogP contribution is -2.02. The first-order valence-electron chi connectivity index (χ1n) is 5.10. The van der Waals surface area contributed by atoms with Gasteiger partial charge in [0.2, 0.25) is 0 Å². The first-order chi connectivity index (χ1) is 8.20. The average molecular weight is 311 g/mol. The van der Waals surface area contributed by atoms with Gasteiger partial charge in [0.15, 0.2) is 5.78 Å². The van der Waals surface area contributed by atoms with Crippen LogP contribution in [0.3, 0.4) is 0 Å². The first kappa shape index (κ1) is 12.3. The Morgan fingerprint density at radius 1 is 1.41 bits per heavy atom. The fourth-order valence-electron chi connectivity index (χ4n) is 1.54. The number of methoxy groups -OCH3 is 1. The summed E-state index contributed by atoms with van der Waals surface area (Å²) in [6.45, 7) is 0. The van der Waals surface area contributed by atoms with Crippen molar-refractivity contribution < 1.29 is 9.53 Å². The number of carbonyl (C=O) groups is 1. The number of ether oxygens (including phenoxy) is 1. The molecule has 88 valence electrons. The summed E-state index contributed by atoms with van der Waals surface area (Å²) in [4.78, 5) is 12.8. The number of thiophene rings is 1. The zero-order chi connectivity index (χ0) is 12.3. The summed E-state index contributed by atoms with van der Waals surface area (Å²) < 4.78 is 6.00. The van der Waals surface area contributed by atoms with Crippen LogP contribution in [0, 0.1) is 0 Å². The molecule has 0 radical (unpaired) electrons. The van der Waals surface area contributed by atoms with Crippen LogP contribution in [0.2, 0.25) is 0 Å². The number of rotatable bonds is 4. The van der Waals surface area contributed by atoms with Crippen LogP contribution in [0.5, 0.6) is 5.75 Å². The SMILES string of the molecule is COc1cccc(CC(=O)c2sccc2Br)c1. The fourth-order valence-corrected chi connectivity index (χ4v) is 3.07. The van der Waals surface area contributed by atoms with E-state index in [2.05, 4.69) is 15.9 Å². The molecular formula is C13H11BrO2S. The summed E-state index contributed by atoms with van der Waals surface area (Å²) in [5.41, 5.74) is 0.967. The van der Waals surface area contributed by atoms with Crippen LogP contribution in [-0.4, -0.2) is 12.9 Å². The van der Waals surface area contributed by atoms with Crippen LogP contribution >= 0.6 is 27.3 Å². The Labute approximate surface area is 112 Å². The normalized spacial score (nSPS) is 10.2. The van der Waals surface area contributed by atoms with Crippen LogP contribution < -0.4 is 4.74 Å². The molecule has 0 fully saturated rings. The van der Waals surface area contributed by atoms with Crippen molar-refractivity contribution in [3.05, 3.63) is 50.6 Å². The second-order valence-corrected chi connectivity index (χ2v) is 5.32. The molecule has 2 aromatic rings. The fraction of sp³-hybridized carbons (Fsp3) is 0.154. The molecule has 0 bridgehead atoms. The lowest BCUT2D eigenvalue weighted by molar-refractivity contribution is 0.0996. The molecule has 0 atom stereocenters. The van der Waals surface area contributed by atoms with Crippen LogP contribution in [0.4, 0.5) is 0 Å². The molecular weight excluding hydrogens is 300 g/mol. The van der Waals surface area contributed by atoms with E-state index in [9.17, 15) is 4.79 Å². The van der Waals surface area contributed by atoms with Gasteiger partial charge in [-0.05, 0) is 45.1 Å². The van der Waals surface area contributed by atoms with Crippen molar-refractivity contribution >= 4 is 33.0 Å². The topological polar surface area (TPSA) is 26.3 Å². The molecule has 0 unspecified atom stereocenters. The summed E-state index contributed by atoms with van der Waals surface area (Å²) in [5.74, 6) is 0.903.